The first-order valence-electron chi connectivity index (χ1n) is 4.87. The summed E-state index contributed by atoms with van der Waals surface area (Å²) >= 11 is 0. The number of anilines is 1. The van der Waals surface area contributed by atoms with Crippen LogP contribution in [0.25, 0.3) is 0 Å². The third kappa shape index (κ3) is 3.23. The van der Waals surface area contributed by atoms with E-state index in [-0.39, 0.29) is 6.61 Å². The Hall–Kier alpha value is -1.56. The quantitative estimate of drug-likeness (QED) is 0.770. The molecule has 0 aromatic carbocycles. The standard InChI is InChI=1S/C10H17N3O3/c1-10(2,6-14)13-9-11-7(15-3)5-8(12-9)16-4/h5,14H,6H2,1-4H3,(H,11,12,13). The molecular weight excluding hydrogens is 210 g/mol. The van der Waals surface area contributed by atoms with Gasteiger partial charge in [0.1, 0.15) is 0 Å². The first kappa shape index (κ1) is 12.5. The Labute approximate surface area is 94.6 Å². The van der Waals surface area contributed by atoms with Gasteiger partial charge in [0.2, 0.25) is 17.7 Å². The fraction of sp³-hybridized carbons (Fsp3) is 0.600. The zero-order valence-electron chi connectivity index (χ0n) is 9.94. The molecule has 6 heteroatoms. The third-order valence-electron chi connectivity index (χ3n) is 1.94. The number of aliphatic hydroxyl groups is 1. The van der Waals surface area contributed by atoms with E-state index in [1.807, 2.05) is 13.8 Å². The zero-order chi connectivity index (χ0) is 12.2. The van der Waals surface area contributed by atoms with Gasteiger partial charge in [0.15, 0.2) is 0 Å². The van der Waals surface area contributed by atoms with Crippen LogP contribution in [0.1, 0.15) is 13.8 Å². The van der Waals surface area contributed by atoms with Crippen molar-refractivity contribution < 1.29 is 14.6 Å². The minimum atomic E-state index is -0.503. The minimum Gasteiger partial charge on any atom is -0.481 e. The van der Waals surface area contributed by atoms with E-state index in [1.54, 1.807) is 6.07 Å². The topological polar surface area (TPSA) is 76.5 Å². The Morgan fingerprint density at radius 2 is 1.75 bits per heavy atom. The van der Waals surface area contributed by atoms with Crippen molar-refractivity contribution in [1.82, 2.24) is 9.97 Å². The Kier molecular flexibility index (Phi) is 3.89. The second kappa shape index (κ2) is 4.98. The highest BCUT2D eigenvalue weighted by Crippen LogP contribution is 2.19. The second-order valence-electron chi connectivity index (χ2n) is 3.94. The fourth-order valence-electron chi connectivity index (χ4n) is 1.01. The van der Waals surface area contributed by atoms with Gasteiger partial charge in [-0.3, -0.25) is 0 Å². The maximum Gasteiger partial charge on any atom is 0.229 e. The molecule has 0 bridgehead atoms. The molecule has 0 saturated carbocycles. The summed E-state index contributed by atoms with van der Waals surface area (Å²) in [5.41, 5.74) is -0.503. The van der Waals surface area contributed by atoms with Crippen LogP contribution in [0.15, 0.2) is 6.07 Å². The van der Waals surface area contributed by atoms with Crippen LogP contribution in [0.5, 0.6) is 11.8 Å². The molecule has 0 atom stereocenters. The van der Waals surface area contributed by atoms with Crippen molar-refractivity contribution >= 4 is 5.95 Å². The summed E-state index contributed by atoms with van der Waals surface area (Å²) in [7, 11) is 3.03. The monoisotopic (exact) mass is 227 g/mol. The van der Waals surface area contributed by atoms with Gasteiger partial charge in [-0.25, -0.2) is 0 Å². The van der Waals surface area contributed by atoms with Gasteiger partial charge in [-0.15, -0.1) is 0 Å². The highest BCUT2D eigenvalue weighted by Gasteiger charge is 2.18. The number of nitrogens with zero attached hydrogens (tertiary/aromatic N) is 2. The van der Waals surface area contributed by atoms with Crippen LogP contribution in [0.4, 0.5) is 5.95 Å². The molecule has 1 aromatic heterocycles. The van der Waals surface area contributed by atoms with Crippen LogP contribution in [0.3, 0.4) is 0 Å². The predicted octanol–water partition coefficient (Wildman–Crippen LogP) is 0.677. The Balaban J connectivity index is 2.95. The summed E-state index contributed by atoms with van der Waals surface area (Å²) in [5.74, 6) is 1.17. The normalized spacial score (nSPS) is 11.1. The molecule has 0 unspecified atom stereocenters. The molecule has 0 amide bonds. The van der Waals surface area contributed by atoms with Crippen molar-refractivity contribution in [2.24, 2.45) is 0 Å². The molecule has 0 spiro atoms. The van der Waals surface area contributed by atoms with E-state index in [0.29, 0.717) is 17.7 Å². The van der Waals surface area contributed by atoms with Crippen LogP contribution >= 0.6 is 0 Å². The molecule has 2 N–H and O–H groups in total. The molecule has 1 rings (SSSR count). The van der Waals surface area contributed by atoms with E-state index in [1.165, 1.54) is 14.2 Å². The van der Waals surface area contributed by atoms with Crippen molar-refractivity contribution in [2.75, 3.05) is 26.1 Å². The molecule has 0 radical (unpaired) electrons. The second-order valence-corrected chi connectivity index (χ2v) is 3.94. The number of hydrogen-bond acceptors (Lipinski definition) is 6. The number of aliphatic hydroxyl groups excluding tert-OH is 1. The first-order chi connectivity index (χ1) is 7.50. The fourth-order valence-corrected chi connectivity index (χ4v) is 1.01. The molecule has 0 saturated heterocycles. The molecule has 0 aliphatic heterocycles. The van der Waals surface area contributed by atoms with Gasteiger partial charge in [0, 0.05) is 0 Å². The maximum absolute atomic E-state index is 9.13. The van der Waals surface area contributed by atoms with Gasteiger partial charge in [-0.2, -0.15) is 9.97 Å². The maximum atomic E-state index is 9.13. The van der Waals surface area contributed by atoms with Crippen LogP contribution in [0, 0.1) is 0 Å². The van der Waals surface area contributed by atoms with E-state index in [2.05, 4.69) is 15.3 Å². The highest BCUT2D eigenvalue weighted by molar-refractivity contribution is 5.35. The highest BCUT2D eigenvalue weighted by atomic mass is 16.5. The third-order valence-corrected chi connectivity index (χ3v) is 1.94. The van der Waals surface area contributed by atoms with Gasteiger partial charge < -0.3 is 19.9 Å². The molecule has 1 heterocycles. The Morgan fingerprint density at radius 1 is 1.25 bits per heavy atom. The molecule has 6 nitrogen and oxygen atoms in total. The van der Waals surface area contributed by atoms with Crippen molar-refractivity contribution in [3.05, 3.63) is 6.07 Å². The summed E-state index contributed by atoms with van der Waals surface area (Å²) in [6.07, 6.45) is 0. The lowest BCUT2D eigenvalue weighted by Crippen LogP contribution is -2.35. The number of nitrogens with one attached hydrogen (secondary N) is 1. The van der Waals surface area contributed by atoms with E-state index < -0.39 is 5.54 Å². The molecular formula is C10H17N3O3. The largest absolute Gasteiger partial charge is 0.481 e. The minimum absolute atomic E-state index is 0.0319. The van der Waals surface area contributed by atoms with E-state index in [0.717, 1.165) is 0 Å². The van der Waals surface area contributed by atoms with E-state index >= 15 is 0 Å². The number of aromatic nitrogens is 2. The summed E-state index contributed by atoms with van der Waals surface area (Å²) in [4.78, 5) is 8.19. The summed E-state index contributed by atoms with van der Waals surface area (Å²) in [6.45, 7) is 3.64. The molecule has 0 aliphatic rings. The Bertz CT molecular complexity index is 333. The van der Waals surface area contributed by atoms with Gasteiger partial charge in [-0.05, 0) is 13.8 Å². The van der Waals surface area contributed by atoms with Crippen LogP contribution in [-0.2, 0) is 0 Å². The van der Waals surface area contributed by atoms with Crippen molar-refractivity contribution in [3.8, 4) is 11.8 Å². The van der Waals surface area contributed by atoms with Gasteiger partial charge in [0.05, 0.1) is 32.4 Å². The number of rotatable bonds is 5. The van der Waals surface area contributed by atoms with Gasteiger partial charge in [0.25, 0.3) is 0 Å². The van der Waals surface area contributed by atoms with Crippen LogP contribution in [0.2, 0.25) is 0 Å². The summed E-state index contributed by atoms with van der Waals surface area (Å²) in [6, 6.07) is 1.58. The van der Waals surface area contributed by atoms with Gasteiger partial charge in [-0.1, -0.05) is 0 Å². The predicted molar refractivity (Wildman–Crippen MR) is 59.9 cm³/mol. The van der Waals surface area contributed by atoms with Gasteiger partial charge >= 0.3 is 0 Å². The number of methoxy groups -OCH3 is 2. The number of hydrogen-bond donors (Lipinski definition) is 2. The van der Waals surface area contributed by atoms with E-state index in [4.69, 9.17) is 14.6 Å². The molecule has 0 fully saturated rings. The van der Waals surface area contributed by atoms with Crippen molar-refractivity contribution in [3.63, 3.8) is 0 Å². The van der Waals surface area contributed by atoms with Crippen molar-refractivity contribution in [1.29, 1.82) is 0 Å². The molecule has 16 heavy (non-hydrogen) atoms. The average molecular weight is 227 g/mol. The number of ether oxygens (including phenoxy) is 2. The molecule has 0 aliphatic carbocycles. The van der Waals surface area contributed by atoms with E-state index in [9.17, 15) is 0 Å². The lowest BCUT2D eigenvalue weighted by molar-refractivity contribution is 0.233. The van der Waals surface area contributed by atoms with Crippen LogP contribution < -0.4 is 14.8 Å². The first-order valence-corrected chi connectivity index (χ1v) is 4.87. The molecule has 90 valence electrons. The summed E-state index contributed by atoms with van der Waals surface area (Å²) in [5, 5.41) is 12.1. The lowest BCUT2D eigenvalue weighted by Gasteiger charge is -2.23. The lowest BCUT2D eigenvalue weighted by atomic mass is 10.1. The van der Waals surface area contributed by atoms with Crippen molar-refractivity contribution in [2.45, 2.75) is 19.4 Å². The summed E-state index contributed by atoms with van der Waals surface area (Å²) < 4.78 is 10.0. The average Bonchev–Trinajstić information content (AvgIpc) is 2.28. The zero-order valence-corrected chi connectivity index (χ0v) is 9.94. The molecule has 1 aromatic rings. The van der Waals surface area contributed by atoms with Crippen LogP contribution in [-0.4, -0.2) is 41.4 Å². The smallest absolute Gasteiger partial charge is 0.229 e. The SMILES string of the molecule is COc1cc(OC)nc(NC(C)(C)CO)n1. The Morgan fingerprint density at radius 3 is 2.12 bits per heavy atom.